The maximum atomic E-state index is 13.4. The van der Waals surface area contributed by atoms with Gasteiger partial charge in [0.25, 0.3) is 0 Å². The molecule has 6 rings (SSSR count). The lowest BCUT2D eigenvalue weighted by molar-refractivity contribution is -0.141. The number of esters is 1. The van der Waals surface area contributed by atoms with Crippen LogP contribution in [0.3, 0.4) is 0 Å². The van der Waals surface area contributed by atoms with Crippen molar-refractivity contribution >= 4 is 17.6 Å². The third kappa shape index (κ3) is 5.29. The number of fused-ring (bicyclic) bond motifs is 3. The summed E-state index contributed by atoms with van der Waals surface area (Å²) in [5.74, 6) is 0.0829. The highest BCUT2D eigenvalue weighted by Gasteiger charge is 2.52. The van der Waals surface area contributed by atoms with Crippen LogP contribution in [0.25, 0.3) is 0 Å². The van der Waals surface area contributed by atoms with Gasteiger partial charge in [0.05, 0.1) is 39.4 Å². The Kier molecular flexibility index (Phi) is 7.76. The normalized spacial score (nSPS) is 21.3. The molecule has 12 nitrogen and oxygen atoms in total. The highest BCUT2D eigenvalue weighted by molar-refractivity contribution is 5.79. The monoisotopic (exact) mass is 592 g/mol. The Balaban J connectivity index is 1.38. The Morgan fingerprint density at radius 2 is 1.72 bits per heavy atom. The van der Waals surface area contributed by atoms with Gasteiger partial charge in [-0.25, -0.2) is 5.48 Å². The van der Waals surface area contributed by atoms with Crippen LogP contribution in [0.4, 0.5) is 5.69 Å². The average Bonchev–Trinajstić information content (AvgIpc) is 3.65. The second kappa shape index (κ2) is 11.8. The fourth-order valence-electron chi connectivity index (χ4n) is 6.17. The van der Waals surface area contributed by atoms with Gasteiger partial charge in [-0.1, -0.05) is 6.07 Å². The summed E-state index contributed by atoms with van der Waals surface area (Å²) in [5, 5.41) is 22.9. The number of carbonyl (C=O) groups excluding carboxylic acids is 2. The molecule has 1 saturated heterocycles. The zero-order chi connectivity index (χ0) is 30.1. The van der Waals surface area contributed by atoms with Gasteiger partial charge in [0.1, 0.15) is 5.75 Å². The summed E-state index contributed by atoms with van der Waals surface area (Å²) < 4.78 is 33.9. The van der Waals surface area contributed by atoms with Gasteiger partial charge in [-0.3, -0.25) is 14.8 Å². The number of hydrogen-bond acceptors (Lipinski definition) is 11. The van der Waals surface area contributed by atoms with Crippen molar-refractivity contribution < 1.29 is 48.3 Å². The SMILES string of the molecule is COc1cc([C@@H]2c3cc4c(cc3[C@@H](Nc3cccc(OCCCC(=O)NO)c3)[C@@H]3COC(=O)[C@@H]23)OCO4)cc(OC)c1O. The number of methoxy groups -OCH3 is 2. The van der Waals surface area contributed by atoms with Crippen LogP contribution in [0.15, 0.2) is 48.5 Å². The number of phenols is 1. The molecule has 1 amide bonds. The van der Waals surface area contributed by atoms with Gasteiger partial charge in [-0.15, -0.1) is 0 Å². The molecule has 43 heavy (non-hydrogen) atoms. The number of nitrogens with one attached hydrogen (secondary N) is 2. The molecule has 3 aliphatic rings. The minimum Gasteiger partial charge on any atom is -0.502 e. The van der Waals surface area contributed by atoms with Crippen LogP contribution in [0.5, 0.6) is 34.5 Å². The van der Waals surface area contributed by atoms with Crippen molar-refractivity contribution in [3.63, 3.8) is 0 Å². The zero-order valence-electron chi connectivity index (χ0n) is 23.6. The molecule has 0 spiro atoms. The van der Waals surface area contributed by atoms with Gasteiger partial charge in [0, 0.05) is 30.0 Å². The van der Waals surface area contributed by atoms with Crippen LogP contribution >= 0.6 is 0 Å². The minimum absolute atomic E-state index is 0.0933. The summed E-state index contributed by atoms with van der Waals surface area (Å²) in [6.45, 7) is 0.595. The number of benzene rings is 3. The number of carbonyl (C=O) groups is 2. The number of phenolic OH excluding ortho intramolecular Hbond substituents is 1. The van der Waals surface area contributed by atoms with E-state index < -0.39 is 17.7 Å². The lowest BCUT2D eigenvalue weighted by Crippen LogP contribution is -2.37. The van der Waals surface area contributed by atoms with Crippen molar-refractivity contribution in [2.45, 2.75) is 24.8 Å². The van der Waals surface area contributed by atoms with E-state index in [1.54, 1.807) is 17.6 Å². The molecule has 3 aromatic rings. The molecule has 0 bridgehead atoms. The highest BCUT2D eigenvalue weighted by atomic mass is 16.7. The fourth-order valence-corrected chi connectivity index (χ4v) is 6.17. The van der Waals surface area contributed by atoms with E-state index in [0.717, 1.165) is 22.4 Å². The third-order valence-electron chi connectivity index (χ3n) is 8.15. The molecular weight excluding hydrogens is 560 g/mol. The van der Waals surface area contributed by atoms with Crippen LogP contribution in [-0.2, 0) is 14.3 Å². The van der Waals surface area contributed by atoms with Gasteiger partial charge in [-0.05, 0) is 59.5 Å². The zero-order valence-corrected chi connectivity index (χ0v) is 23.6. The van der Waals surface area contributed by atoms with E-state index in [0.29, 0.717) is 30.3 Å². The molecule has 2 heterocycles. The number of rotatable bonds is 10. The van der Waals surface area contributed by atoms with Crippen molar-refractivity contribution in [3.8, 4) is 34.5 Å². The number of anilines is 1. The number of ether oxygens (including phenoxy) is 6. The standard InChI is InChI=1S/C31H32N2O10/c1-38-24-9-16(10-25(39-2)30(24)35)27-19-12-22-23(43-15-42-22)13-20(19)29(21-14-41-31(36)28(21)27)32-17-5-3-6-18(11-17)40-8-4-7-26(34)33-37/h3,5-6,9-13,21,27-29,32,35,37H,4,7-8,14-15H2,1-2H3,(H,33,34)/t21-,27-,28-,29-/m1/s1. The molecule has 12 heteroatoms. The van der Waals surface area contributed by atoms with Crippen LogP contribution in [0, 0.1) is 11.8 Å². The van der Waals surface area contributed by atoms with Crippen molar-refractivity contribution in [1.82, 2.24) is 5.48 Å². The first-order valence-electron chi connectivity index (χ1n) is 13.9. The predicted octanol–water partition coefficient (Wildman–Crippen LogP) is 3.89. The highest BCUT2D eigenvalue weighted by Crippen LogP contribution is 2.56. The Bertz CT molecular complexity index is 1520. The minimum atomic E-state index is -0.554. The van der Waals surface area contributed by atoms with Crippen LogP contribution < -0.4 is 34.5 Å². The summed E-state index contributed by atoms with van der Waals surface area (Å²) >= 11 is 0. The molecule has 4 atom stereocenters. The largest absolute Gasteiger partial charge is 0.502 e. The summed E-state index contributed by atoms with van der Waals surface area (Å²) in [6.07, 6.45) is 0.575. The summed E-state index contributed by atoms with van der Waals surface area (Å²) in [6, 6.07) is 14.4. The van der Waals surface area contributed by atoms with Gasteiger partial charge in [-0.2, -0.15) is 0 Å². The lowest BCUT2D eigenvalue weighted by Gasteiger charge is -2.40. The molecule has 2 aliphatic heterocycles. The predicted molar refractivity (Wildman–Crippen MR) is 151 cm³/mol. The van der Waals surface area contributed by atoms with Gasteiger partial charge in [0.15, 0.2) is 23.0 Å². The van der Waals surface area contributed by atoms with Crippen LogP contribution in [0.2, 0.25) is 0 Å². The van der Waals surface area contributed by atoms with E-state index in [9.17, 15) is 14.7 Å². The van der Waals surface area contributed by atoms with Gasteiger partial charge < -0.3 is 38.8 Å². The summed E-state index contributed by atoms with van der Waals surface area (Å²) in [5.41, 5.74) is 4.88. The van der Waals surface area contributed by atoms with E-state index in [2.05, 4.69) is 5.32 Å². The van der Waals surface area contributed by atoms with Gasteiger partial charge in [0.2, 0.25) is 18.4 Å². The van der Waals surface area contributed by atoms with E-state index in [-0.39, 0.29) is 55.0 Å². The molecule has 0 unspecified atom stereocenters. The molecule has 0 radical (unpaired) electrons. The number of cyclic esters (lactones) is 1. The molecular formula is C31H32N2O10. The summed E-state index contributed by atoms with van der Waals surface area (Å²) in [7, 11) is 2.92. The topological polar surface area (TPSA) is 154 Å². The Labute approximate surface area is 247 Å². The van der Waals surface area contributed by atoms with E-state index >= 15 is 0 Å². The molecule has 0 saturated carbocycles. The molecule has 1 aliphatic carbocycles. The second-order valence-corrected chi connectivity index (χ2v) is 10.5. The van der Waals surface area contributed by atoms with Crippen molar-refractivity contribution in [3.05, 3.63) is 65.2 Å². The third-order valence-corrected chi connectivity index (χ3v) is 8.15. The maximum Gasteiger partial charge on any atom is 0.310 e. The lowest BCUT2D eigenvalue weighted by atomic mass is 9.65. The van der Waals surface area contributed by atoms with Crippen molar-refractivity contribution in [2.75, 3.05) is 39.5 Å². The van der Waals surface area contributed by atoms with E-state index in [1.807, 2.05) is 36.4 Å². The summed E-state index contributed by atoms with van der Waals surface area (Å²) in [4.78, 5) is 24.7. The number of hydrogen-bond donors (Lipinski definition) is 4. The molecule has 1 fully saturated rings. The van der Waals surface area contributed by atoms with E-state index in [4.69, 9.17) is 33.6 Å². The number of aromatic hydroxyl groups is 1. The first kappa shape index (κ1) is 28.3. The molecule has 0 aromatic heterocycles. The molecule has 4 N–H and O–H groups in total. The quantitative estimate of drug-likeness (QED) is 0.117. The van der Waals surface area contributed by atoms with Crippen LogP contribution in [0.1, 0.15) is 41.5 Å². The molecule has 226 valence electrons. The first-order valence-corrected chi connectivity index (χ1v) is 13.9. The fraction of sp³-hybridized carbons (Fsp3) is 0.355. The van der Waals surface area contributed by atoms with Crippen LogP contribution in [-0.4, -0.2) is 56.4 Å². The van der Waals surface area contributed by atoms with E-state index in [1.165, 1.54) is 14.2 Å². The number of amides is 1. The van der Waals surface area contributed by atoms with Crippen molar-refractivity contribution in [2.24, 2.45) is 11.8 Å². The number of hydroxylamine groups is 1. The Hall–Kier alpha value is -4.84. The van der Waals surface area contributed by atoms with Crippen molar-refractivity contribution in [1.29, 1.82) is 0 Å². The average molecular weight is 593 g/mol. The Morgan fingerprint density at radius 1 is 1.00 bits per heavy atom. The first-order chi connectivity index (χ1) is 20.9. The molecule has 3 aromatic carbocycles. The maximum absolute atomic E-state index is 13.4. The second-order valence-electron chi connectivity index (χ2n) is 10.5. The van der Waals surface area contributed by atoms with Gasteiger partial charge >= 0.3 is 5.97 Å². The smallest absolute Gasteiger partial charge is 0.310 e. The Morgan fingerprint density at radius 3 is 2.42 bits per heavy atom.